The van der Waals surface area contributed by atoms with E-state index in [1.54, 1.807) is 18.9 Å². The largest absolute Gasteiger partial charge is 0.477 e. The summed E-state index contributed by atoms with van der Waals surface area (Å²) in [7, 11) is 1.68. The molecule has 0 spiro atoms. The van der Waals surface area contributed by atoms with E-state index < -0.39 is 48.3 Å². The lowest BCUT2D eigenvalue weighted by molar-refractivity contribution is -0.159. The number of carbonyl (C=O) groups is 5. The summed E-state index contributed by atoms with van der Waals surface area (Å²) in [6, 6.07) is -2.00. The van der Waals surface area contributed by atoms with E-state index in [1.807, 2.05) is 0 Å². The Hall–Kier alpha value is -2.78. The summed E-state index contributed by atoms with van der Waals surface area (Å²) >= 11 is 1.32. The maximum atomic E-state index is 13.1. The zero-order valence-electron chi connectivity index (χ0n) is 21.9. The van der Waals surface area contributed by atoms with Crippen LogP contribution in [0, 0.1) is 11.8 Å². The van der Waals surface area contributed by atoms with Gasteiger partial charge in [0.2, 0.25) is 17.7 Å². The van der Waals surface area contributed by atoms with Gasteiger partial charge in [0.15, 0.2) is 0 Å². The van der Waals surface area contributed by atoms with E-state index >= 15 is 0 Å². The SMILES string of the molecule is CNCC(=O)N[C@@H]1CCN(C(=O)[C@@H]2C[C@H](SC3=C(C(=O)O)N4C(=O)[C@H]([C@@H](C)NC(=O)C(F)F)[C@H]4[C@H]3C)CN2)C1. The fourth-order valence-electron chi connectivity index (χ4n) is 5.97. The van der Waals surface area contributed by atoms with Gasteiger partial charge in [0, 0.05) is 47.8 Å². The number of amides is 4. The number of hydrogen-bond acceptors (Lipinski definition) is 8. The normalized spacial score (nSPS) is 30.9. The highest BCUT2D eigenvalue weighted by molar-refractivity contribution is 8.03. The lowest BCUT2D eigenvalue weighted by Gasteiger charge is -2.47. The number of likely N-dealkylation sites (tertiary alicyclic amines) is 1. The van der Waals surface area contributed by atoms with Crippen LogP contribution in [0.4, 0.5) is 8.78 Å². The second kappa shape index (κ2) is 11.8. The van der Waals surface area contributed by atoms with E-state index in [0.29, 0.717) is 37.4 Å². The van der Waals surface area contributed by atoms with Crippen LogP contribution in [0.25, 0.3) is 0 Å². The van der Waals surface area contributed by atoms with Gasteiger partial charge in [-0.3, -0.25) is 19.2 Å². The minimum atomic E-state index is -3.22. The molecule has 0 radical (unpaired) electrons. The van der Waals surface area contributed by atoms with Crippen molar-refractivity contribution in [3.8, 4) is 0 Å². The van der Waals surface area contributed by atoms with Crippen LogP contribution < -0.4 is 21.3 Å². The quantitative estimate of drug-likeness (QED) is 0.205. The highest BCUT2D eigenvalue weighted by atomic mass is 32.2. The Balaban J connectivity index is 1.37. The second-order valence-electron chi connectivity index (χ2n) is 10.4. The van der Waals surface area contributed by atoms with Crippen molar-refractivity contribution in [1.29, 1.82) is 0 Å². The first-order chi connectivity index (χ1) is 18.4. The molecular formula is C24H34F2N6O6S. The molecule has 39 heavy (non-hydrogen) atoms. The molecule has 4 heterocycles. The minimum Gasteiger partial charge on any atom is -0.477 e. The van der Waals surface area contributed by atoms with Gasteiger partial charge < -0.3 is 36.2 Å². The van der Waals surface area contributed by atoms with Crippen molar-refractivity contribution >= 4 is 41.4 Å². The van der Waals surface area contributed by atoms with Gasteiger partial charge in [0.05, 0.1) is 24.5 Å². The van der Waals surface area contributed by atoms with Crippen LogP contribution in [0.1, 0.15) is 26.7 Å². The maximum Gasteiger partial charge on any atom is 0.353 e. The van der Waals surface area contributed by atoms with E-state index in [2.05, 4.69) is 21.3 Å². The molecular weight excluding hydrogens is 538 g/mol. The van der Waals surface area contributed by atoms with Gasteiger partial charge in [-0.05, 0) is 26.8 Å². The Bertz CT molecular complexity index is 1080. The van der Waals surface area contributed by atoms with Crippen molar-refractivity contribution in [1.82, 2.24) is 31.1 Å². The second-order valence-corrected chi connectivity index (χ2v) is 11.8. The number of nitrogens with one attached hydrogen (secondary N) is 4. The summed E-state index contributed by atoms with van der Waals surface area (Å²) in [6.45, 7) is 4.87. The number of carbonyl (C=O) groups excluding carboxylic acids is 4. The van der Waals surface area contributed by atoms with Gasteiger partial charge >= 0.3 is 12.4 Å². The van der Waals surface area contributed by atoms with Gasteiger partial charge in [0.1, 0.15) is 5.70 Å². The summed E-state index contributed by atoms with van der Waals surface area (Å²) in [5.74, 6) is -4.66. The van der Waals surface area contributed by atoms with Gasteiger partial charge in [-0.15, -0.1) is 11.8 Å². The highest BCUT2D eigenvalue weighted by Gasteiger charge is 2.60. The molecule has 0 aromatic carbocycles. The van der Waals surface area contributed by atoms with Gasteiger partial charge in [-0.2, -0.15) is 8.78 Å². The summed E-state index contributed by atoms with van der Waals surface area (Å²) < 4.78 is 25.4. The first-order valence-electron chi connectivity index (χ1n) is 13.0. The maximum absolute atomic E-state index is 13.1. The number of alkyl halides is 2. The van der Waals surface area contributed by atoms with Crippen LogP contribution in [0.5, 0.6) is 0 Å². The Labute approximate surface area is 228 Å². The number of aliphatic carboxylic acids is 1. The molecule has 0 unspecified atom stereocenters. The van der Waals surface area contributed by atoms with Crippen molar-refractivity contribution in [3.63, 3.8) is 0 Å². The molecule has 3 saturated heterocycles. The van der Waals surface area contributed by atoms with Crippen molar-refractivity contribution in [2.45, 2.75) is 62.5 Å². The minimum absolute atomic E-state index is 0.0713. The number of likely N-dealkylation sites (N-methyl/N-ethyl adjacent to an activating group) is 1. The number of carboxylic acids is 1. The molecule has 4 rings (SSSR count). The number of carboxylic acid groups (broad SMARTS) is 1. The third-order valence-electron chi connectivity index (χ3n) is 7.78. The number of halogens is 2. The number of nitrogens with zero attached hydrogens (tertiary/aromatic N) is 2. The monoisotopic (exact) mass is 572 g/mol. The van der Waals surface area contributed by atoms with E-state index in [0.717, 1.165) is 0 Å². The van der Waals surface area contributed by atoms with Crippen LogP contribution in [-0.4, -0.2) is 114 Å². The van der Waals surface area contributed by atoms with E-state index in [9.17, 15) is 37.9 Å². The number of hydrogen-bond donors (Lipinski definition) is 5. The molecule has 0 aromatic heterocycles. The molecule has 3 fully saturated rings. The molecule has 216 valence electrons. The molecule has 0 saturated carbocycles. The summed E-state index contributed by atoms with van der Waals surface area (Å²) in [6.07, 6.45) is -2.09. The predicted octanol–water partition coefficient (Wildman–Crippen LogP) is -1.07. The Morgan fingerprint density at radius 2 is 1.97 bits per heavy atom. The van der Waals surface area contributed by atoms with E-state index in [4.69, 9.17) is 0 Å². The van der Waals surface area contributed by atoms with Crippen LogP contribution in [0.15, 0.2) is 10.6 Å². The lowest BCUT2D eigenvalue weighted by Crippen LogP contribution is -2.66. The number of thioether (sulfide) groups is 1. The van der Waals surface area contributed by atoms with Crippen molar-refractivity contribution in [2.24, 2.45) is 11.8 Å². The van der Waals surface area contributed by atoms with Crippen molar-refractivity contribution in [3.05, 3.63) is 10.6 Å². The van der Waals surface area contributed by atoms with Gasteiger partial charge in [-0.1, -0.05) is 6.92 Å². The Morgan fingerprint density at radius 3 is 2.62 bits per heavy atom. The van der Waals surface area contributed by atoms with Crippen LogP contribution in [-0.2, 0) is 24.0 Å². The molecule has 12 nitrogen and oxygen atoms in total. The molecule has 5 N–H and O–H groups in total. The predicted molar refractivity (Wildman–Crippen MR) is 136 cm³/mol. The number of β-lactam (4-membered cyclic amide) rings is 1. The Morgan fingerprint density at radius 1 is 1.26 bits per heavy atom. The molecule has 4 aliphatic heterocycles. The van der Waals surface area contributed by atoms with Crippen LogP contribution in [0.3, 0.4) is 0 Å². The Kier molecular flexibility index (Phi) is 8.81. The third kappa shape index (κ3) is 5.75. The van der Waals surface area contributed by atoms with E-state index in [1.165, 1.54) is 23.6 Å². The van der Waals surface area contributed by atoms with Crippen LogP contribution in [0.2, 0.25) is 0 Å². The standard InChI is InChI=1S/C24H34F2N6O6S/c1-10-17-16(11(2)29-21(34)20(25)26)23(36)32(17)18(24(37)38)19(10)39-13-6-14(28-7-13)22(35)31-5-4-12(9-31)30-15(33)8-27-3/h10-14,16-17,20,27-28H,4-9H2,1-3H3,(H,29,34)(H,30,33)(H,37,38)/t10-,11-,12-,13+,14+,16-,17-/m1/s1. The molecule has 4 amide bonds. The summed E-state index contributed by atoms with van der Waals surface area (Å²) in [4.78, 5) is 64.9. The fourth-order valence-corrected chi connectivity index (χ4v) is 7.45. The molecule has 0 aliphatic carbocycles. The first-order valence-corrected chi connectivity index (χ1v) is 13.8. The molecule has 0 bridgehead atoms. The molecule has 7 atom stereocenters. The molecule has 4 aliphatic rings. The lowest BCUT2D eigenvalue weighted by atomic mass is 9.78. The topological polar surface area (TPSA) is 160 Å². The fraction of sp³-hybridized carbons (Fsp3) is 0.708. The third-order valence-corrected chi connectivity index (χ3v) is 9.29. The number of rotatable bonds is 10. The smallest absolute Gasteiger partial charge is 0.353 e. The average molecular weight is 573 g/mol. The summed E-state index contributed by atoms with van der Waals surface area (Å²) in [5, 5.41) is 20.9. The summed E-state index contributed by atoms with van der Waals surface area (Å²) in [5.41, 5.74) is -0.124. The molecule has 0 aromatic rings. The highest BCUT2D eigenvalue weighted by Crippen LogP contribution is 2.51. The number of fused-ring (bicyclic) bond motifs is 1. The van der Waals surface area contributed by atoms with Crippen molar-refractivity contribution in [2.75, 3.05) is 33.2 Å². The van der Waals surface area contributed by atoms with Crippen LogP contribution >= 0.6 is 11.8 Å². The van der Waals surface area contributed by atoms with Crippen molar-refractivity contribution < 1.29 is 37.9 Å². The molecule has 15 heteroatoms. The zero-order valence-corrected chi connectivity index (χ0v) is 22.7. The first kappa shape index (κ1) is 29.2. The average Bonchev–Trinajstić information content (AvgIpc) is 3.57. The van der Waals surface area contributed by atoms with Gasteiger partial charge in [0.25, 0.3) is 5.91 Å². The van der Waals surface area contributed by atoms with E-state index in [-0.39, 0.29) is 41.3 Å². The van der Waals surface area contributed by atoms with Gasteiger partial charge in [-0.25, -0.2) is 4.79 Å². The zero-order chi connectivity index (χ0) is 28.6.